The number of hydrogen-bond acceptors (Lipinski definition) is 6. The zero-order chi connectivity index (χ0) is 17.6. The lowest BCUT2D eigenvalue weighted by Crippen LogP contribution is -2.31. The molecule has 1 aliphatic rings. The highest BCUT2D eigenvalue weighted by molar-refractivity contribution is 5.61. The normalized spacial score (nSPS) is 20.5. The van der Waals surface area contributed by atoms with Gasteiger partial charge in [0.05, 0.1) is 30.3 Å². The number of aryl methyl sites for hydroxylation is 1. The van der Waals surface area contributed by atoms with Crippen LogP contribution >= 0.6 is 0 Å². The Morgan fingerprint density at radius 3 is 2.44 bits per heavy atom. The summed E-state index contributed by atoms with van der Waals surface area (Å²) >= 11 is 0. The zero-order valence-electron chi connectivity index (χ0n) is 15.2. The molecule has 0 radical (unpaired) electrons. The monoisotopic (exact) mass is 341 g/mol. The molecular formula is C19H27N5O. The van der Waals surface area contributed by atoms with Gasteiger partial charge >= 0.3 is 0 Å². The Bertz CT molecular complexity index is 666. The molecule has 0 atom stereocenters. The molecule has 0 spiro atoms. The molecule has 3 rings (SSSR count). The van der Waals surface area contributed by atoms with Crippen molar-refractivity contribution in [3.05, 3.63) is 36.4 Å². The SMILES string of the molecule is Cc1cnccc1Nc1cnc(N[C@H]2CC[C@H](OC(C)C)CC2)nc1. The predicted octanol–water partition coefficient (Wildman–Crippen LogP) is 4.07. The van der Waals surface area contributed by atoms with Crippen LogP contribution < -0.4 is 10.6 Å². The first-order valence-corrected chi connectivity index (χ1v) is 9.02. The van der Waals surface area contributed by atoms with Gasteiger partial charge in [0.2, 0.25) is 5.95 Å². The number of nitrogens with zero attached hydrogens (tertiary/aromatic N) is 3. The number of nitrogens with one attached hydrogen (secondary N) is 2. The molecule has 1 fully saturated rings. The van der Waals surface area contributed by atoms with Crippen molar-refractivity contribution < 1.29 is 4.74 Å². The molecule has 25 heavy (non-hydrogen) atoms. The number of rotatable bonds is 6. The van der Waals surface area contributed by atoms with Crippen molar-refractivity contribution in [1.29, 1.82) is 0 Å². The summed E-state index contributed by atoms with van der Waals surface area (Å²) in [5, 5.41) is 6.76. The van der Waals surface area contributed by atoms with Crippen LogP contribution in [-0.2, 0) is 4.74 Å². The summed E-state index contributed by atoms with van der Waals surface area (Å²) in [6.45, 7) is 6.22. The van der Waals surface area contributed by atoms with Crippen molar-refractivity contribution >= 4 is 17.3 Å². The predicted molar refractivity (Wildman–Crippen MR) is 100 cm³/mol. The molecule has 0 saturated heterocycles. The summed E-state index contributed by atoms with van der Waals surface area (Å²) in [5.74, 6) is 0.685. The molecule has 2 heterocycles. The molecule has 0 unspecified atom stereocenters. The summed E-state index contributed by atoms with van der Waals surface area (Å²) in [6, 6.07) is 2.37. The van der Waals surface area contributed by atoms with Gasteiger partial charge in [0, 0.05) is 24.1 Å². The minimum atomic E-state index is 0.307. The third-order valence-electron chi connectivity index (χ3n) is 4.42. The lowest BCUT2D eigenvalue weighted by atomic mass is 9.93. The zero-order valence-corrected chi connectivity index (χ0v) is 15.2. The van der Waals surface area contributed by atoms with Crippen LogP contribution in [0.3, 0.4) is 0 Å². The van der Waals surface area contributed by atoms with Gasteiger partial charge in [0.25, 0.3) is 0 Å². The van der Waals surface area contributed by atoms with Crippen molar-refractivity contribution in [1.82, 2.24) is 15.0 Å². The summed E-state index contributed by atoms with van der Waals surface area (Å²) in [4.78, 5) is 13.0. The van der Waals surface area contributed by atoms with Gasteiger partial charge in [-0.15, -0.1) is 0 Å². The number of hydrogen-bond donors (Lipinski definition) is 2. The van der Waals surface area contributed by atoms with Gasteiger partial charge in [-0.1, -0.05) is 0 Å². The third-order valence-corrected chi connectivity index (χ3v) is 4.42. The smallest absolute Gasteiger partial charge is 0.222 e. The quantitative estimate of drug-likeness (QED) is 0.825. The third kappa shape index (κ3) is 5.13. The highest BCUT2D eigenvalue weighted by atomic mass is 16.5. The summed E-state index contributed by atoms with van der Waals surface area (Å²) in [5.41, 5.74) is 2.97. The van der Waals surface area contributed by atoms with E-state index in [0.717, 1.165) is 42.6 Å². The molecule has 6 nitrogen and oxygen atoms in total. The van der Waals surface area contributed by atoms with Crippen LogP contribution in [0.2, 0.25) is 0 Å². The molecular weight excluding hydrogens is 314 g/mol. The number of ether oxygens (including phenoxy) is 1. The van der Waals surface area contributed by atoms with E-state index in [1.165, 1.54) is 0 Å². The number of pyridine rings is 1. The molecule has 2 aromatic heterocycles. The van der Waals surface area contributed by atoms with E-state index < -0.39 is 0 Å². The van der Waals surface area contributed by atoms with E-state index in [-0.39, 0.29) is 0 Å². The molecule has 0 bridgehead atoms. The molecule has 6 heteroatoms. The fourth-order valence-corrected chi connectivity index (χ4v) is 3.15. The minimum absolute atomic E-state index is 0.307. The van der Waals surface area contributed by atoms with Gasteiger partial charge < -0.3 is 15.4 Å². The molecule has 2 N–H and O–H groups in total. The van der Waals surface area contributed by atoms with E-state index in [4.69, 9.17) is 4.74 Å². The molecule has 0 aromatic carbocycles. The van der Waals surface area contributed by atoms with Gasteiger partial charge in [-0.05, 0) is 58.1 Å². The lowest BCUT2D eigenvalue weighted by Gasteiger charge is -2.30. The maximum atomic E-state index is 5.90. The van der Waals surface area contributed by atoms with Crippen molar-refractivity contribution in [3.63, 3.8) is 0 Å². The topological polar surface area (TPSA) is 72.0 Å². The molecule has 134 valence electrons. The van der Waals surface area contributed by atoms with E-state index in [1.807, 2.05) is 31.6 Å². The van der Waals surface area contributed by atoms with E-state index in [0.29, 0.717) is 24.2 Å². The van der Waals surface area contributed by atoms with Crippen molar-refractivity contribution in [3.8, 4) is 0 Å². The molecule has 0 aliphatic heterocycles. The Morgan fingerprint density at radius 2 is 1.80 bits per heavy atom. The minimum Gasteiger partial charge on any atom is -0.376 e. The van der Waals surface area contributed by atoms with E-state index in [2.05, 4.69) is 39.4 Å². The van der Waals surface area contributed by atoms with E-state index in [1.54, 1.807) is 6.20 Å². The number of anilines is 3. The summed E-state index contributed by atoms with van der Waals surface area (Å²) < 4.78 is 5.90. The Labute approximate surface area is 149 Å². The highest BCUT2D eigenvalue weighted by Crippen LogP contribution is 2.24. The Kier molecular flexibility index (Phi) is 5.81. The van der Waals surface area contributed by atoms with Crippen molar-refractivity contribution in [2.45, 2.75) is 64.7 Å². The average Bonchev–Trinajstić information content (AvgIpc) is 2.60. The largest absolute Gasteiger partial charge is 0.376 e. The van der Waals surface area contributed by atoms with Crippen LogP contribution in [0.1, 0.15) is 45.1 Å². The Balaban J connectivity index is 1.51. The van der Waals surface area contributed by atoms with E-state index in [9.17, 15) is 0 Å². The van der Waals surface area contributed by atoms with Crippen molar-refractivity contribution in [2.24, 2.45) is 0 Å². The van der Waals surface area contributed by atoms with E-state index >= 15 is 0 Å². The van der Waals surface area contributed by atoms with Gasteiger partial charge in [0.15, 0.2) is 0 Å². The first-order valence-electron chi connectivity index (χ1n) is 9.02. The highest BCUT2D eigenvalue weighted by Gasteiger charge is 2.22. The van der Waals surface area contributed by atoms with Crippen LogP contribution in [0.25, 0.3) is 0 Å². The molecule has 2 aromatic rings. The van der Waals surface area contributed by atoms with Crippen molar-refractivity contribution in [2.75, 3.05) is 10.6 Å². The maximum Gasteiger partial charge on any atom is 0.222 e. The average molecular weight is 341 g/mol. The van der Waals surface area contributed by atoms with Crippen LogP contribution in [0.5, 0.6) is 0 Å². The Hall–Kier alpha value is -2.21. The summed E-state index contributed by atoms with van der Waals surface area (Å²) in [6.07, 6.45) is 12.3. The lowest BCUT2D eigenvalue weighted by molar-refractivity contribution is -0.0133. The van der Waals surface area contributed by atoms with Crippen LogP contribution in [-0.4, -0.2) is 33.2 Å². The first-order chi connectivity index (χ1) is 12.1. The molecule has 0 amide bonds. The van der Waals surface area contributed by atoms with Crippen LogP contribution in [0, 0.1) is 6.92 Å². The van der Waals surface area contributed by atoms with Crippen LogP contribution in [0.15, 0.2) is 30.9 Å². The second kappa shape index (κ2) is 8.25. The first kappa shape index (κ1) is 17.6. The fourth-order valence-electron chi connectivity index (χ4n) is 3.15. The summed E-state index contributed by atoms with van der Waals surface area (Å²) in [7, 11) is 0. The maximum absolute atomic E-state index is 5.90. The molecule has 1 aliphatic carbocycles. The second-order valence-corrected chi connectivity index (χ2v) is 6.91. The molecule has 1 saturated carbocycles. The standard InChI is InChI=1S/C19H27N5O/c1-13(2)25-17-6-4-15(5-7-17)24-19-21-11-16(12-22-19)23-18-8-9-20-10-14(18)3/h8-13,15,17H,4-7H2,1-3H3,(H,20,23)(H,21,22,24)/t15-,17-. The fraction of sp³-hybridized carbons (Fsp3) is 0.526. The van der Waals surface area contributed by atoms with Gasteiger partial charge in [-0.2, -0.15) is 0 Å². The van der Waals surface area contributed by atoms with Gasteiger partial charge in [0.1, 0.15) is 0 Å². The number of aromatic nitrogens is 3. The van der Waals surface area contributed by atoms with Gasteiger partial charge in [-0.3, -0.25) is 4.98 Å². The van der Waals surface area contributed by atoms with Gasteiger partial charge in [-0.25, -0.2) is 9.97 Å². The second-order valence-electron chi connectivity index (χ2n) is 6.91. The van der Waals surface area contributed by atoms with Crippen LogP contribution in [0.4, 0.5) is 17.3 Å². The Morgan fingerprint density at radius 1 is 1.08 bits per heavy atom.